The van der Waals surface area contributed by atoms with Gasteiger partial charge in [0.05, 0.1) is 0 Å². The van der Waals surface area contributed by atoms with Gasteiger partial charge in [0.15, 0.2) is 0 Å². The van der Waals surface area contributed by atoms with Gasteiger partial charge in [-0.2, -0.15) is 0 Å². The van der Waals surface area contributed by atoms with Crippen LogP contribution in [0.4, 0.5) is 11.6 Å². The molecule has 0 bridgehead atoms. The molecule has 9 heteroatoms. The highest BCUT2D eigenvalue weighted by atomic mass is 35.5. The molecule has 2 fully saturated rings. The predicted molar refractivity (Wildman–Crippen MR) is 129 cm³/mol. The Hall–Kier alpha value is -2.26. The summed E-state index contributed by atoms with van der Waals surface area (Å²) in [5.41, 5.74) is 1.85. The van der Waals surface area contributed by atoms with Crippen molar-refractivity contribution in [1.29, 1.82) is 0 Å². The molecular weight excluding hydrogens is 440 g/mol. The molecule has 8 nitrogen and oxygen atoms in total. The van der Waals surface area contributed by atoms with E-state index in [1.165, 1.54) is 6.33 Å². The van der Waals surface area contributed by atoms with E-state index in [1.807, 2.05) is 12.1 Å². The average Bonchev–Trinajstić information content (AvgIpc) is 2.84. The van der Waals surface area contributed by atoms with Crippen LogP contribution in [0.3, 0.4) is 0 Å². The number of aliphatic hydroxyl groups is 1. The largest absolute Gasteiger partial charge is 0.377 e. The molecule has 1 aromatic carbocycles. The Morgan fingerprint density at radius 3 is 2.52 bits per heavy atom. The summed E-state index contributed by atoms with van der Waals surface area (Å²) in [5.74, 6) is 1.61. The number of hydrogen-bond acceptors (Lipinski definition) is 7. The van der Waals surface area contributed by atoms with Crippen molar-refractivity contribution >= 4 is 29.1 Å². The van der Waals surface area contributed by atoms with Crippen LogP contribution < -0.4 is 15.5 Å². The zero-order chi connectivity index (χ0) is 23.0. The first kappa shape index (κ1) is 22.5. The highest BCUT2D eigenvalue weighted by molar-refractivity contribution is 6.30. The predicted octanol–water partition coefficient (Wildman–Crippen LogP) is 2.34. The molecule has 33 heavy (non-hydrogen) atoms. The number of carbonyl (C=O) groups is 1. The average molecular weight is 471 g/mol. The molecule has 2 atom stereocenters. The number of anilines is 2. The maximum atomic E-state index is 11.9. The number of rotatable bonds is 4. The van der Waals surface area contributed by atoms with Gasteiger partial charge in [-0.15, -0.1) is 0 Å². The van der Waals surface area contributed by atoms with E-state index in [0.29, 0.717) is 17.3 Å². The van der Waals surface area contributed by atoms with Crippen LogP contribution in [0, 0.1) is 0 Å². The fourth-order valence-electron chi connectivity index (χ4n) is 5.63. The van der Waals surface area contributed by atoms with E-state index < -0.39 is 6.23 Å². The number of nitrogens with one attached hydrogen (secondary N) is 2. The topological polar surface area (TPSA) is 93.6 Å². The fourth-order valence-corrected chi connectivity index (χ4v) is 5.76. The molecule has 176 valence electrons. The summed E-state index contributed by atoms with van der Waals surface area (Å²) in [6, 6.07) is 7.97. The zero-order valence-electron chi connectivity index (χ0n) is 18.9. The standard InChI is InChI=1S/C24H31ClN6O2/c1-16-14-19(32)29-21-20(16)22(28-15-27-21)30-10-12-31(13-11-30)23(33)24(6-8-26-9-7-24)17-2-4-18(25)5-3-17/h2-5,15-16,23,26,33H,6-14H2,1H3,(H,27,28,29,32)/t16-,23?/m1/s1. The van der Waals surface area contributed by atoms with Gasteiger partial charge in [-0.3, -0.25) is 9.69 Å². The van der Waals surface area contributed by atoms with Crippen LogP contribution in [0.15, 0.2) is 30.6 Å². The van der Waals surface area contributed by atoms with Crippen molar-refractivity contribution in [1.82, 2.24) is 20.2 Å². The van der Waals surface area contributed by atoms with E-state index >= 15 is 0 Å². The first-order valence-electron chi connectivity index (χ1n) is 11.8. The minimum absolute atomic E-state index is 0.00191. The Balaban J connectivity index is 1.34. The van der Waals surface area contributed by atoms with Crippen molar-refractivity contribution in [2.75, 3.05) is 49.5 Å². The quantitative estimate of drug-likeness (QED) is 0.631. The number of piperazine rings is 1. The number of benzene rings is 1. The number of hydrogen-bond donors (Lipinski definition) is 3. The van der Waals surface area contributed by atoms with Gasteiger partial charge in [0.2, 0.25) is 5.91 Å². The lowest BCUT2D eigenvalue weighted by Gasteiger charge is -2.48. The zero-order valence-corrected chi connectivity index (χ0v) is 19.7. The normalized spacial score (nSPS) is 24.2. The second-order valence-electron chi connectivity index (χ2n) is 9.42. The van der Waals surface area contributed by atoms with Crippen LogP contribution in [-0.2, 0) is 10.2 Å². The maximum absolute atomic E-state index is 11.9. The van der Waals surface area contributed by atoms with Crippen molar-refractivity contribution in [3.63, 3.8) is 0 Å². The lowest BCUT2D eigenvalue weighted by Crippen LogP contribution is -2.59. The monoisotopic (exact) mass is 470 g/mol. The summed E-state index contributed by atoms with van der Waals surface area (Å²) in [6.07, 6.45) is 3.17. The summed E-state index contributed by atoms with van der Waals surface area (Å²) >= 11 is 6.14. The van der Waals surface area contributed by atoms with Crippen molar-refractivity contribution < 1.29 is 9.90 Å². The smallest absolute Gasteiger partial charge is 0.226 e. The summed E-state index contributed by atoms with van der Waals surface area (Å²) in [6.45, 7) is 6.82. The number of carbonyl (C=O) groups excluding carboxylic acids is 1. The number of amides is 1. The van der Waals surface area contributed by atoms with Gasteiger partial charge in [-0.1, -0.05) is 30.7 Å². The number of fused-ring (bicyclic) bond motifs is 1. The molecule has 2 saturated heterocycles. The van der Waals surface area contributed by atoms with Crippen molar-refractivity contribution in [3.8, 4) is 0 Å². The molecule has 1 aromatic heterocycles. The Morgan fingerprint density at radius 2 is 1.82 bits per heavy atom. The number of nitrogens with zero attached hydrogens (tertiary/aromatic N) is 4. The third-order valence-electron chi connectivity index (χ3n) is 7.47. The maximum Gasteiger partial charge on any atom is 0.226 e. The summed E-state index contributed by atoms with van der Waals surface area (Å²) < 4.78 is 0. The second kappa shape index (κ2) is 9.18. The fraction of sp³-hybridized carbons (Fsp3) is 0.542. The number of aromatic nitrogens is 2. The highest BCUT2D eigenvalue weighted by Gasteiger charge is 2.44. The Labute approximate surface area is 199 Å². The molecule has 1 amide bonds. The van der Waals surface area contributed by atoms with Crippen LogP contribution in [0.25, 0.3) is 0 Å². The van der Waals surface area contributed by atoms with E-state index in [2.05, 4.69) is 49.5 Å². The minimum atomic E-state index is -0.569. The first-order chi connectivity index (χ1) is 16.0. The summed E-state index contributed by atoms with van der Waals surface area (Å²) in [5, 5.41) is 18.7. The molecule has 1 unspecified atom stereocenters. The van der Waals surface area contributed by atoms with Crippen LogP contribution >= 0.6 is 11.6 Å². The molecule has 5 rings (SSSR count). The summed E-state index contributed by atoms with van der Waals surface area (Å²) in [7, 11) is 0. The van der Waals surface area contributed by atoms with Gasteiger partial charge in [0.1, 0.15) is 24.2 Å². The third kappa shape index (κ3) is 4.21. The molecule has 2 aromatic rings. The number of halogens is 1. The van der Waals surface area contributed by atoms with E-state index in [9.17, 15) is 9.90 Å². The molecule has 0 aliphatic carbocycles. The number of aliphatic hydroxyl groups excluding tert-OH is 1. The lowest BCUT2D eigenvalue weighted by atomic mass is 9.71. The van der Waals surface area contributed by atoms with Crippen molar-refractivity contribution in [2.45, 2.75) is 43.7 Å². The van der Waals surface area contributed by atoms with Crippen LogP contribution in [0.2, 0.25) is 5.02 Å². The van der Waals surface area contributed by atoms with E-state index in [4.69, 9.17) is 11.6 Å². The second-order valence-corrected chi connectivity index (χ2v) is 9.86. The third-order valence-corrected chi connectivity index (χ3v) is 7.73. The van der Waals surface area contributed by atoms with E-state index in [-0.39, 0.29) is 17.2 Å². The molecule has 4 heterocycles. The molecular formula is C24H31ClN6O2. The molecule has 3 N–H and O–H groups in total. The lowest BCUT2D eigenvalue weighted by molar-refractivity contribution is -0.116. The van der Waals surface area contributed by atoms with E-state index in [0.717, 1.165) is 69.1 Å². The van der Waals surface area contributed by atoms with E-state index in [1.54, 1.807) is 0 Å². The highest BCUT2D eigenvalue weighted by Crippen LogP contribution is 2.40. The minimum Gasteiger partial charge on any atom is -0.377 e. The van der Waals surface area contributed by atoms with Crippen LogP contribution in [-0.4, -0.2) is 71.4 Å². The molecule has 3 aliphatic heterocycles. The van der Waals surface area contributed by atoms with Crippen LogP contribution in [0.1, 0.15) is 43.2 Å². The van der Waals surface area contributed by atoms with Gasteiger partial charge < -0.3 is 20.6 Å². The Kier molecular flexibility index (Phi) is 6.26. The first-order valence-corrected chi connectivity index (χ1v) is 12.1. The van der Waals surface area contributed by atoms with Gasteiger partial charge >= 0.3 is 0 Å². The Bertz CT molecular complexity index is 1000. The van der Waals surface area contributed by atoms with Gasteiger partial charge in [-0.05, 0) is 49.5 Å². The van der Waals surface area contributed by atoms with Crippen molar-refractivity contribution in [3.05, 3.63) is 46.7 Å². The molecule has 0 spiro atoms. The van der Waals surface area contributed by atoms with Crippen LogP contribution in [0.5, 0.6) is 0 Å². The van der Waals surface area contributed by atoms with Gasteiger partial charge in [0.25, 0.3) is 0 Å². The SMILES string of the molecule is C[C@@H]1CC(=O)Nc2ncnc(N3CCN(C(O)C4(c5ccc(Cl)cc5)CCNCC4)CC3)c21. The Morgan fingerprint density at radius 1 is 1.12 bits per heavy atom. The number of piperidine rings is 1. The molecule has 0 radical (unpaired) electrons. The van der Waals surface area contributed by atoms with Crippen molar-refractivity contribution in [2.24, 2.45) is 0 Å². The summed E-state index contributed by atoms with van der Waals surface area (Å²) in [4.78, 5) is 25.3. The van der Waals surface area contributed by atoms with Gasteiger partial charge in [0, 0.05) is 48.6 Å². The molecule has 0 saturated carbocycles. The molecule has 3 aliphatic rings. The van der Waals surface area contributed by atoms with Gasteiger partial charge in [-0.25, -0.2) is 9.97 Å².